The van der Waals surface area contributed by atoms with Crippen molar-refractivity contribution in [3.05, 3.63) is 59.7 Å². The number of hydrogen-bond donors (Lipinski definition) is 0. The molecule has 2 amide bonds. The Labute approximate surface area is 152 Å². The van der Waals surface area contributed by atoms with Crippen molar-refractivity contribution in [1.29, 1.82) is 0 Å². The van der Waals surface area contributed by atoms with Crippen LogP contribution in [0.2, 0.25) is 0 Å². The normalized spacial score (nSPS) is 17.9. The van der Waals surface area contributed by atoms with Gasteiger partial charge < -0.3 is 4.90 Å². The highest BCUT2D eigenvalue weighted by Gasteiger charge is 2.48. The largest absolute Gasteiger partial charge is 0.309 e. The second-order valence-electron chi connectivity index (χ2n) is 6.43. The second-order valence-corrected chi connectivity index (χ2v) is 8.22. The average Bonchev–Trinajstić information content (AvgIpc) is 3.44. The van der Waals surface area contributed by atoms with Gasteiger partial charge in [-0.05, 0) is 50.1 Å². The Morgan fingerprint density at radius 2 is 1.85 bits per heavy atom. The fourth-order valence-electron chi connectivity index (χ4n) is 3.26. The van der Waals surface area contributed by atoms with Gasteiger partial charge >= 0.3 is 0 Å². The lowest BCUT2D eigenvalue weighted by Gasteiger charge is -2.21. The van der Waals surface area contributed by atoms with Crippen molar-refractivity contribution in [2.45, 2.75) is 30.7 Å². The van der Waals surface area contributed by atoms with E-state index in [4.69, 9.17) is 0 Å². The Hall–Kier alpha value is -2.67. The summed E-state index contributed by atoms with van der Waals surface area (Å²) in [4.78, 5) is 26.9. The molecule has 1 aliphatic carbocycles. The SMILES string of the molecule is CCN(C(=O)c1ccc2c(c1)S(=O)(=O)N(C1CC1)C2=O)c1ccccc1. The molecule has 0 aromatic heterocycles. The van der Waals surface area contributed by atoms with Crippen molar-refractivity contribution >= 4 is 27.5 Å². The third-order valence-corrected chi connectivity index (χ3v) is 6.58. The maximum atomic E-state index is 12.9. The van der Waals surface area contributed by atoms with Gasteiger partial charge in [0.15, 0.2) is 0 Å². The van der Waals surface area contributed by atoms with Gasteiger partial charge in [-0.15, -0.1) is 0 Å². The van der Waals surface area contributed by atoms with Crippen LogP contribution < -0.4 is 4.90 Å². The Bertz CT molecular complexity index is 997. The van der Waals surface area contributed by atoms with Gasteiger partial charge in [0, 0.05) is 23.8 Å². The van der Waals surface area contributed by atoms with Crippen LogP contribution in [0.3, 0.4) is 0 Å². The van der Waals surface area contributed by atoms with Crippen LogP contribution in [0.5, 0.6) is 0 Å². The molecule has 0 N–H and O–H groups in total. The van der Waals surface area contributed by atoms with Gasteiger partial charge in [-0.3, -0.25) is 9.59 Å². The van der Waals surface area contributed by atoms with Gasteiger partial charge in [0.1, 0.15) is 4.90 Å². The highest BCUT2D eigenvalue weighted by atomic mass is 32.2. The van der Waals surface area contributed by atoms with E-state index in [1.54, 1.807) is 4.90 Å². The number of sulfonamides is 1. The molecule has 4 rings (SSSR count). The first-order valence-electron chi connectivity index (χ1n) is 8.55. The molecule has 0 saturated heterocycles. The zero-order chi connectivity index (χ0) is 18.5. The number of hydrogen-bond acceptors (Lipinski definition) is 4. The van der Waals surface area contributed by atoms with E-state index in [0.717, 1.165) is 9.99 Å². The first kappa shape index (κ1) is 16.8. The van der Waals surface area contributed by atoms with Crippen molar-refractivity contribution in [3.8, 4) is 0 Å². The van der Waals surface area contributed by atoms with E-state index >= 15 is 0 Å². The number of carbonyl (C=O) groups is 2. The number of rotatable bonds is 4. The lowest BCUT2D eigenvalue weighted by atomic mass is 10.1. The molecule has 0 radical (unpaired) electrons. The van der Waals surface area contributed by atoms with Crippen LogP contribution in [-0.4, -0.2) is 37.1 Å². The van der Waals surface area contributed by atoms with E-state index in [9.17, 15) is 18.0 Å². The molecule has 134 valence electrons. The van der Waals surface area contributed by atoms with Gasteiger partial charge in [-0.2, -0.15) is 0 Å². The molecule has 0 atom stereocenters. The summed E-state index contributed by atoms with van der Waals surface area (Å²) in [5.74, 6) is -0.786. The molecular weight excluding hydrogens is 352 g/mol. The minimum Gasteiger partial charge on any atom is -0.309 e. The summed E-state index contributed by atoms with van der Waals surface area (Å²) in [6.45, 7) is 2.30. The number of carbonyl (C=O) groups excluding carboxylic acids is 2. The predicted molar refractivity (Wildman–Crippen MR) is 96.6 cm³/mol. The summed E-state index contributed by atoms with van der Waals surface area (Å²) in [5.41, 5.74) is 1.14. The molecule has 6 nitrogen and oxygen atoms in total. The van der Waals surface area contributed by atoms with Crippen molar-refractivity contribution in [2.75, 3.05) is 11.4 Å². The molecule has 1 saturated carbocycles. The summed E-state index contributed by atoms with van der Waals surface area (Å²) in [6, 6.07) is 13.2. The molecule has 2 aromatic rings. The molecular formula is C19H18N2O4S. The summed E-state index contributed by atoms with van der Waals surface area (Å²) in [5, 5.41) is 0. The number of amides is 2. The summed E-state index contributed by atoms with van der Waals surface area (Å²) in [7, 11) is -3.87. The number of anilines is 1. The monoisotopic (exact) mass is 370 g/mol. The van der Waals surface area contributed by atoms with Crippen molar-refractivity contribution in [3.63, 3.8) is 0 Å². The van der Waals surface area contributed by atoms with Crippen molar-refractivity contribution in [2.24, 2.45) is 0 Å². The van der Waals surface area contributed by atoms with Gasteiger partial charge in [0.05, 0.1) is 5.56 Å². The lowest BCUT2D eigenvalue weighted by molar-refractivity contribution is 0.0864. The number of benzene rings is 2. The molecule has 7 heteroatoms. The molecule has 2 aliphatic rings. The number of fused-ring (bicyclic) bond motifs is 1. The quantitative estimate of drug-likeness (QED) is 0.829. The third-order valence-electron chi connectivity index (χ3n) is 4.70. The zero-order valence-electron chi connectivity index (χ0n) is 14.3. The van der Waals surface area contributed by atoms with E-state index in [0.29, 0.717) is 19.4 Å². The smallest absolute Gasteiger partial charge is 0.269 e. The van der Waals surface area contributed by atoms with Crippen LogP contribution in [0.25, 0.3) is 0 Å². The first-order valence-corrected chi connectivity index (χ1v) is 9.99. The first-order chi connectivity index (χ1) is 12.4. The van der Waals surface area contributed by atoms with E-state index < -0.39 is 15.9 Å². The van der Waals surface area contributed by atoms with Gasteiger partial charge in [0.25, 0.3) is 21.8 Å². The molecule has 1 heterocycles. The molecule has 1 fully saturated rings. The Morgan fingerprint density at radius 1 is 1.15 bits per heavy atom. The van der Waals surface area contributed by atoms with E-state index in [1.807, 2.05) is 37.3 Å². The van der Waals surface area contributed by atoms with E-state index in [1.165, 1.54) is 18.2 Å². The minimum absolute atomic E-state index is 0.0654. The maximum Gasteiger partial charge on any atom is 0.269 e. The molecule has 0 spiro atoms. The third kappa shape index (κ3) is 2.50. The Kier molecular flexibility index (Phi) is 3.84. The predicted octanol–water partition coefficient (Wildman–Crippen LogP) is 2.66. The molecule has 0 unspecified atom stereocenters. The van der Waals surface area contributed by atoms with Crippen LogP contribution in [-0.2, 0) is 10.0 Å². The molecule has 26 heavy (non-hydrogen) atoms. The highest BCUT2D eigenvalue weighted by molar-refractivity contribution is 7.90. The Morgan fingerprint density at radius 3 is 2.46 bits per heavy atom. The van der Waals surface area contributed by atoms with Crippen LogP contribution in [0.4, 0.5) is 5.69 Å². The summed E-state index contributed by atoms with van der Waals surface area (Å²) < 4.78 is 26.5. The average molecular weight is 370 g/mol. The van der Waals surface area contributed by atoms with Gasteiger partial charge in [-0.25, -0.2) is 12.7 Å². The van der Waals surface area contributed by atoms with Gasteiger partial charge in [-0.1, -0.05) is 18.2 Å². The standard InChI is InChI=1S/C19H18N2O4S/c1-2-20(14-6-4-3-5-7-14)18(22)13-8-11-16-17(12-13)26(24,25)21(19(16)23)15-9-10-15/h3-8,11-12,15H,2,9-10H2,1H3. The number of para-hydroxylation sites is 1. The van der Waals surface area contributed by atoms with Crippen LogP contribution >= 0.6 is 0 Å². The molecule has 0 bridgehead atoms. The van der Waals surface area contributed by atoms with Crippen LogP contribution in [0.1, 0.15) is 40.5 Å². The number of nitrogens with zero attached hydrogens (tertiary/aromatic N) is 2. The Balaban J connectivity index is 1.73. The second kappa shape index (κ2) is 5.95. The molecule has 2 aromatic carbocycles. The van der Waals surface area contributed by atoms with Gasteiger partial charge in [0.2, 0.25) is 0 Å². The van der Waals surface area contributed by atoms with Crippen LogP contribution in [0.15, 0.2) is 53.4 Å². The summed E-state index contributed by atoms with van der Waals surface area (Å²) in [6.07, 6.45) is 1.39. The lowest BCUT2D eigenvalue weighted by Crippen LogP contribution is -2.32. The van der Waals surface area contributed by atoms with Crippen LogP contribution in [0, 0.1) is 0 Å². The maximum absolute atomic E-state index is 12.9. The molecule has 1 aliphatic heterocycles. The van der Waals surface area contributed by atoms with Crippen molar-refractivity contribution < 1.29 is 18.0 Å². The van der Waals surface area contributed by atoms with Crippen molar-refractivity contribution in [1.82, 2.24) is 4.31 Å². The van der Waals surface area contributed by atoms with E-state index in [2.05, 4.69) is 0 Å². The highest BCUT2D eigenvalue weighted by Crippen LogP contribution is 2.39. The zero-order valence-corrected chi connectivity index (χ0v) is 15.1. The van der Waals surface area contributed by atoms with E-state index in [-0.39, 0.29) is 28.0 Å². The minimum atomic E-state index is -3.87. The summed E-state index contributed by atoms with van der Waals surface area (Å²) >= 11 is 0. The fraction of sp³-hybridized carbons (Fsp3) is 0.263. The topological polar surface area (TPSA) is 74.8 Å². The fourth-order valence-corrected chi connectivity index (χ4v) is 5.10.